The number of aryl methyl sites for hydroxylation is 1. The Morgan fingerprint density at radius 2 is 1.63 bits per heavy atom. The van der Waals surface area contributed by atoms with Crippen LogP contribution in [0.2, 0.25) is 0 Å². The Kier molecular flexibility index (Phi) is 8.35. The van der Waals surface area contributed by atoms with Gasteiger partial charge in [0.05, 0.1) is 7.11 Å². The van der Waals surface area contributed by atoms with Crippen LogP contribution in [0.1, 0.15) is 42.3 Å². The van der Waals surface area contributed by atoms with E-state index < -0.39 is 24.0 Å². The first-order valence-electron chi connectivity index (χ1n) is 9.80. The molecule has 1 N–H and O–H groups in total. The number of benzene rings is 2. The fourth-order valence-corrected chi connectivity index (χ4v) is 2.68. The van der Waals surface area contributed by atoms with Crippen LogP contribution in [-0.4, -0.2) is 36.9 Å². The predicted octanol–water partition coefficient (Wildman–Crippen LogP) is 3.59. The molecule has 0 aromatic heterocycles. The minimum Gasteiger partial charge on any atom is -0.497 e. The number of amides is 1. The number of nitrogens with one attached hydrogen (secondary N) is 1. The van der Waals surface area contributed by atoms with E-state index in [4.69, 9.17) is 9.47 Å². The lowest BCUT2D eigenvalue weighted by Crippen LogP contribution is -2.41. The summed E-state index contributed by atoms with van der Waals surface area (Å²) < 4.78 is 10.3. The van der Waals surface area contributed by atoms with E-state index in [0.29, 0.717) is 5.56 Å². The number of rotatable bonds is 9. The lowest BCUT2D eigenvalue weighted by molar-refractivity contribution is -0.149. The summed E-state index contributed by atoms with van der Waals surface area (Å²) >= 11 is 0. The van der Waals surface area contributed by atoms with Gasteiger partial charge in [0, 0.05) is 11.6 Å². The van der Waals surface area contributed by atoms with Crippen molar-refractivity contribution in [3.8, 4) is 5.75 Å². The Hall–Kier alpha value is -3.41. The molecule has 0 fully saturated rings. The average molecular weight is 409 g/mol. The second-order valence-corrected chi connectivity index (χ2v) is 6.83. The van der Waals surface area contributed by atoms with Gasteiger partial charge in [-0.2, -0.15) is 0 Å². The van der Waals surface area contributed by atoms with Crippen LogP contribution in [0.25, 0.3) is 6.08 Å². The summed E-state index contributed by atoms with van der Waals surface area (Å²) in [5.41, 5.74) is 2.41. The van der Waals surface area contributed by atoms with Gasteiger partial charge in [-0.1, -0.05) is 43.3 Å². The van der Waals surface area contributed by atoms with Crippen LogP contribution in [0, 0.1) is 0 Å². The SMILES string of the molecule is CCc1ccc(C(=O)C(C)OC(=O)C(C)NC(=O)C=Cc2ccc(OC)cc2)cc1. The first-order chi connectivity index (χ1) is 14.3. The fraction of sp³-hybridized carbons (Fsp3) is 0.292. The van der Waals surface area contributed by atoms with Crippen LogP contribution in [0.3, 0.4) is 0 Å². The lowest BCUT2D eigenvalue weighted by atomic mass is 10.0. The number of Topliss-reactive ketones (excluding diaryl/α,β-unsaturated/α-hetero) is 1. The van der Waals surface area contributed by atoms with Crippen LogP contribution < -0.4 is 10.1 Å². The third-order valence-electron chi connectivity index (χ3n) is 4.56. The first kappa shape index (κ1) is 22.9. The summed E-state index contributed by atoms with van der Waals surface area (Å²) in [7, 11) is 1.58. The number of hydrogen-bond donors (Lipinski definition) is 1. The van der Waals surface area contributed by atoms with E-state index in [0.717, 1.165) is 23.3 Å². The van der Waals surface area contributed by atoms with E-state index in [1.54, 1.807) is 49.6 Å². The van der Waals surface area contributed by atoms with E-state index in [-0.39, 0.29) is 5.78 Å². The van der Waals surface area contributed by atoms with Crippen molar-refractivity contribution in [1.82, 2.24) is 5.32 Å². The molecule has 158 valence electrons. The normalized spacial score (nSPS) is 12.8. The monoisotopic (exact) mass is 409 g/mol. The highest BCUT2D eigenvalue weighted by atomic mass is 16.5. The van der Waals surface area contributed by atoms with Gasteiger partial charge >= 0.3 is 5.97 Å². The Labute approximate surface area is 176 Å². The number of ketones is 1. The summed E-state index contributed by atoms with van der Waals surface area (Å²) in [5.74, 6) is -0.682. The summed E-state index contributed by atoms with van der Waals surface area (Å²) in [4.78, 5) is 36.7. The lowest BCUT2D eigenvalue weighted by Gasteiger charge is -2.16. The molecule has 0 saturated carbocycles. The summed E-state index contributed by atoms with van der Waals surface area (Å²) in [5, 5.41) is 2.54. The summed E-state index contributed by atoms with van der Waals surface area (Å²) in [6, 6.07) is 13.5. The van der Waals surface area contributed by atoms with Gasteiger partial charge in [-0.15, -0.1) is 0 Å². The topological polar surface area (TPSA) is 81.7 Å². The van der Waals surface area contributed by atoms with Crippen LogP contribution in [0.4, 0.5) is 0 Å². The average Bonchev–Trinajstić information content (AvgIpc) is 2.77. The highest BCUT2D eigenvalue weighted by Crippen LogP contribution is 2.12. The maximum atomic E-state index is 12.4. The third-order valence-corrected chi connectivity index (χ3v) is 4.56. The quantitative estimate of drug-likeness (QED) is 0.389. The molecule has 1 amide bonds. The molecule has 2 aromatic rings. The Morgan fingerprint density at radius 1 is 1.00 bits per heavy atom. The summed E-state index contributed by atoms with van der Waals surface area (Å²) in [6.45, 7) is 5.06. The Morgan fingerprint density at radius 3 is 2.20 bits per heavy atom. The predicted molar refractivity (Wildman–Crippen MR) is 115 cm³/mol. The molecule has 0 aliphatic heterocycles. The highest BCUT2D eigenvalue weighted by molar-refractivity contribution is 6.00. The van der Waals surface area contributed by atoms with Crippen LogP contribution in [-0.2, 0) is 20.7 Å². The molecule has 0 radical (unpaired) electrons. The molecule has 2 aromatic carbocycles. The van der Waals surface area contributed by atoms with E-state index in [9.17, 15) is 14.4 Å². The molecule has 0 aliphatic carbocycles. The molecular weight excluding hydrogens is 382 g/mol. The molecular formula is C24H27NO5. The van der Waals surface area contributed by atoms with Gasteiger partial charge in [0.15, 0.2) is 6.10 Å². The minimum absolute atomic E-state index is 0.288. The van der Waals surface area contributed by atoms with E-state index >= 15 is 0 Å². The van der Waals surface area contributed by atoms with Gasteiger partial charge < -0.3 is 14.8 Å². The van der Waals surface area contributed by atoms with Crippen LogP contribution in [0.5, 0.6) is 5.75 Å². The molecule has 2 unspecified atom stereocenters. The molecule has 0 bridgehead atoms. The van der Waals surface area contributed by atoms with Crippen molar-refractivity contribution >= 4 is 23.7 Å². The minimum atomic E-state index is -0.945. The number of methoxy groups -OCH3 is 1. The van der Waals surface area contributed by atoms with Crippen molar-refractivity contribution in [2.75, 3.05) is 7.11 Å². The number of hydrogen-bond acceptors (Lipinski definition) is 5. The fourth-order valence-electron chi connectivity index (χ4n) is 2.68. The van der Waals surface area contributed by atoms with Gasteiger partial charge in [0.1, 0.15) is 11.8 Å². The molecule has 0 aliphatic rings. The van der Waals surface area contributed by atoms with Gasteiger partial charge in [-0.3, -0.25) is 9.59 Å². The molecule has 2 atom stereocenters. The second-order valence-electron chi connectivity index (χ2n) is 6.83. The standard InChI is InChI=1S/C24H27NO5/c1-5-18-6-11-20(12-7-18)23(27)17(3)30-24(28)16(2)25-22(26)15-10-19-8-13-21(29-4)14-9-19/h6-17H,5H2,1-4H3,(H,25,26). The maximum Gasteiger partial charge on any atom is 0.329 e. The molecule has 30 heavy (non-hydrogen) atoms. The number of carbonyl (C=O) groups excluding carboxylic acids is 3. The van der Waals surface area contributed by atoms with E-state index in [1.165, 1.54) is 19.9 Å². The highest BCUT2D eigenvalue weighted by Gasteiger charge is 2.23. The molecule has 6 heteroatoms. The number of ether oxygens (including phenoxy) is 2. The summed E-state index contributed by atoms with van der Waals surface area (Å²) in [6.07, 6.45) is 2.89. The van der Waals surface area contributed by atoms with Crippen molar-refractivity contribution in [3.05, 3.63) is 71.3 Å². The van der Waals surface area contributed by atoms with Crippen molar-refractivity contribution in [3.63, 3.8) is 0 Å². The van der Waals surface area contributed by atoms with Crippen molar-refractivity contribution < 1.29 is 23.9 Å². The maximum absolute atomic E-state index is 12.4. The van der Waals surface area contributed by atoms with E-state index in [1.807, 2.05) is 19.1 Å². The molecule has 0 heterocycles. The van der Waals surface area contributed by atoms with Crippen LogP contribution in [0.15, 0.2) is 54.6 Å². The van der Waals surface area contributed by atoms with Crippen molar-refractivity contribution in [1.29, 1.82) is 0 Å². The zero-order valence-electron chi connectivity index (χ0n) is 17.7. The Bertz CT molecular complexity index is 900. The largest absolute Gasteiger partial charge is 0.497 e. The number of carbonyl (C=O) groups is 3. The van der Waals surface area contributed by atoms with Gasteiger partial charge in [0.25, 0.3) is 0 Å². The van der Waals surface area contributed by atoms with Gasteiger partial charge in [-0.25, -0.2) is 4.79 Å². The van der Waals surface area contributed by atoms with Crippen LogP contribution >= 0.6 is 0 Å². The smallest absolute Gasteiger partial charge is 0.329 e. The molecule has 0 spiro atoms. The molecule has 2 rings (SSSR count). The Balaban J connectivity index is 1.86. The van der Waals surface area contributed by atoms with E-state index in [2.05, 4.69) is 5.32 Å². The molecule has 0 saturated heterocycles. The van der Waals surface area contributed by atoms with Gasteiger partial charge in [-0.05, 0) is 49.6 Å². The zero-order chi connectivity index (χ0) is 22.1. The van der Waals surface area contributed by atoms with Crippen molar-refractivity contribution in [2.45, 2.75) is 39.3 Å². The first-order valence-corrected chi connectivity index (χ1v) is 9.80. The third kappa shape index (κ3) is 6.58. The zero-order valence-corrected chi connectivity index (χ0v) is 17.7. The molecule has 6 nitrogen and oxygen atoms in total. The number of esters is 1. The van der Waals surface area contributed by atoms with Gasteiger partial charge in [0.2, 0.25) is 11.7 Å². The second kappa shape index (κ2) is 11.0. The van der Waals surface area contributed by atoms with Crippen molar-refractivity contribution in [2.24, 2.45) is 0 Å².